The number of likely N-dealkylation sites (tertiary alicyclic amines) is 2. The Morgan fingerprint density at radius 1 is 0.650 bits per heavy atom. The van der Waals surface area contributed by atoms with Gasteiger partial charge in [0.05, 0.1) is 35.9 Å². The Morgan fingerprint density at radius 3 is 1.75 bits per heavy atom. The molecule has 8 atom stereocenters. The molecule has 1 aliphatic carbocycles. The molecule has 2 unspecified atom stereocenters. The third-order valence-corrected chi connectivity index (χ3v) is 17.8. The molecule has 9 rings (SSSR count). The zero-order chi connectivity index (χ0) is 56.5. The lowest BCUT2D eigenvalue weighted by Gasteiger charge is -2.38. The van der Waals surface area contributed by atoms with Crippen molar-refractivity contribution in [3.8, 4) is 0 Å². The van der Waals surface area contributed by atoms with Gasteiger partial charge in [0.25, 0.3) is 11.8 Å². The minimum Gasteiger partial charge on any atom is -0.381 e. The number of hydrogen-bond acceptors (Lipinski definition) is 11. The molecular weight excluding hydrogens is 1010 g/mol. The van der Waals surface area contributed by atoms with E-state index in [4.69, 9.17) is 18.9 Å². The molecular formula is C63H83N7O10. The van der Waals surface area contributed by atoms with Crippen LogP contribution in [-0.4, -0.2) is 183 Å². The van der Waals surface area contributed by atoms with E-state index in [1.54, 1.807) is 28.2 Å². The predicted octanol–water partition coefficient (Wildman–Crippen LogP) is 5.67. The minimum atomic E-state index is -0.790. The second-order valence-electron chi connectivity index (χ2n) is 22.9. The first-order valence-electron chi connectivity index (χ1n) is 29.1. The van der Waals surface area contributed by atoms with Crippen molar-refractivity contribution in [2.45, 2.75) is 127 Å². The van der Waals surface area contributed by atoms with Gasteiger partial charge in [0.15, 0.2) is 0 Å². The van der Waals surface area contributed by atoms with Crippen LogP contribution in [0.2, 0.25) is 0 Å². The number of hydrogen-bond donors (Lipinski definition) is 3. The summed E-state index contributed by atoms with van der Waals surface area (Å²) in [4.78, 5) is 94.4. The number of rotatable bonds is 22. The molecule has 1 spiro atoms. The maximum Gasteiger partial charge on any atom is 0.254 e. The second-order valence-corrected chi connectivity index (χ2v) is 22.9. The van der Waals surface area contributed by atoms with Crippen LogP contribution in [0.3, 0.4) is 0 Å². The molecule has 4 aromatic rings. The highest BCUT2D eigenvalue weighted by Crippen LogP contribution is 2.54. The molecule has 4 aliphatic heterocycles. The quantitative estimate of drug-likeness (QED) is 0.0881. The van der Waals surface area contributed by atoms with E-state index in [1.807, 2.05) is 118 Å². The summed E-state index contributed by atoms with van der Waals surface area (Å²) in [6.45, 7) is 9.34. The molecule has 4 saturated heterocycles. The first-order chi connectivity index (χ1) is 38.8. The van der Waals surface area contributed by atoms with Crippen LogP contribution in [0.25, 0.3) is 10.8 Å². The highest BCUT2D eigenvalue weighted by atomic mass is 16.5. The van der Waals surface area contributed by atoms with Crippen LogP contribution in [0.1, 0.15) is 97.6 Å². The number of nitrogens with one attached hydrogen (secondary N) is 3. The Morgan fingerprint density at radius 2 is 1.20 bits per heavy atom. The number of ether oxygens (including phenoxy) is 4. The fraction of sp³-hybridized carbons (Fsp3) is 0.556. The van der Waals surface area contributed by atoms with Gasteiger partial charge in [0.2, 0.25) is 23.6 Å². The smallest absolute Gasteiger partial charge is 0.254 e. The molecule has 80 heavy (non-hydrogen) atoms. The molecule has 0 radical (unpaired) electrons. The van der Waals surface area contributed by atoms with Crippen LogP contribution < -0.4 is 16.0 Å². The first kappa shape index (κ1) is 58.4. The number of fused-ring (bicyclic) bond motifs is 1. The fourth-order valence-electron chi connectivity index (χ4n) is 12.9. The van der Waals surface area contributed by atoms with Crippen molar-refractivity contribution in [2.24, 2.45) is 17.8 Å². The third kappa shape index (κ3) is 12.9. The van der Waals surface area contributed by atoms with Crippen LogP contribution in [0.15, 0.2) is 97.1 Å². The van der Waals surface area contributed by atoms with E-state index < -0.39 is 29.7 Å². The summed E-state index contributed by atoms with van der Waals surface area (Å²) < 4.78 is 23.6. The van der Waals surface area contributed by atoms with Gasteiger partial charge in [-0.15, -0.1) is 0 Å². The van der Waals surface area contributed by atoms with Crippen molar-refractivity contribution < 1.29 is 47.7 Å². The number of carbonyl (C=O) groups is 6. The molecule has 17 nitrogen and oxygen atoms in total. The lowest BCUT2D eigenvalue weighted by atomic mass is 9.90. The average Bonchev–Trinajstić information content (AvgIpc) is 3.90. The van der Waals surface area contributed by atoms with E-state index in [0.29, 0.717) is 122 Å². The first-order valence-corrected chi connectivity index (χ1v) is 29.1. The zero-order valence-electron chi connectivity index (χ0n) is 47.6. The third-order valence-electron chi connectivity index (χ3n) is 17.8. The molecule has 0 bridgehead atoms. The number of likely N-dealkylation sites (N-methyl/N-ethyl adjacent to an activating group) is 1. The van der Waals surface area contributed by atoms with E-state index in [9.17, 15) is 14.4 Å². The van der Waals surface area contributed by atoms with Crippen LogP contribution in [0.4, 0.5) is 0 Å². The summed E-state index contributed by atoms with van der Waals surface area (Å²) in [5.74, 6) is -1.61. The Bertz CT molecular complexity index is 2790. The van der Waals surface area contributed by atoms with E-state index in [2.05, 4.69) is 28.1 Å². The SMILES string of the molecule is CN[C@@H](C)C(=O)N[C@H](C(=O)N1CC[C@H](OC)C12CC2N(CCc1ccccc1)C(=O)c1ccc2cc(C(=O)N(CCc3ccccc3)C[C@@H]3[C@@H](OC)CCN3C(=O)[C@@H](NC(=O)C(C)C)C3CCOCC3)ccc2c1)C1CCOCC1. The number of methoxy groups -OCH3 is 2. The van der Waals surface area contributed by atoms with Gasteiger partial charge in [-0.05, 0) is 130 Å². The highest BCUT2D eigenvalue weighted by molar-refractivity contribution is 6.02. The number of benzene rings is 4. The largest absolute Gasteiger partial charge is 0.381 e. The summed E-state index contributed by atoms with van der Waals surface area (Å²) in [6, 6.07) is 28.4. The topological polar surface area (TPSA) is 188 Å². The molecule has 3 N–H and O–H groups in total. The van der Waals surface area contributed by atoms with Crippen molar-refractivity contribution in [2.75, 3.05) is 80.4 Å². The van der Waals surface area contributed by atoms with Crippen LogP contribution >= 0.6 is 0 Å². The molecule has 4 aromatic carbocycles. The summed E-state index contributed by atoms with van der Waals surface area (Å²) in [7, 11) is 5.04. The van der Waals surface area contributed by atoms with Gasteiger partial charge in [0, 0.05) is 90.4 Å². The molecule has 4 heterocycles. The van der Waals surface area contributed by atoms with Gasteiger partial charge in [-0.1, -0.05) is 86.6 Å². The Labute approximate surface area is 471 Å². The van der Waals surface area contributed by atoms with E-state index >= 15 is 14.4 Å². The number of nitrogens with zero attached hydrogens (tertiary/aromatic N) is 4. The molecule has 1 saturated carbocycles. The molecule has 430 valence electrons. The molecule has 0 aromatic heterocycles. The van der Waals surface area contributed by atoms with Crippen LogP contribution in [-0.2, 0) is 51.0 Å². The van der Waals surface area contributed by atoms with Gasteiger partial charge in [0.1, 0.15) is 12.1 Å². The molecule has 5 fully saturated rings. The lowest BCUT2D eigenvalue weighted by Crippen LogP contribution is -2.59. The van der Waals surface area contributed by atoms with Gasteiger partial charge < -0.3 is 54.5 Å². The molecule has 6 amide bonds. The normalized spacial score (nSPS) is 23.4. The molecule has 5 aliphatic rings. The van der Waals surface area contributed by atoms with Crippen molar-refractivity contribution in [1.29, 1.82) is 0 Å². The lowest BCUT2D eigenvalue weighted by molar-refractivity contribution is -0.142. The zero-order valence-corrected chi connectivity index (χ0v) is 47.6. The monoisotopic (exact) mass is 1100 g/mol. The Hall–Kier alpha value is -6.24. The van der Waals surface area contributed by atoms with Crippen molar-refractivity contribution in [3.05, 3.63) is 119 Å². The Balaban J connectivity index is 0.985. The Kier molecular flexibility index (Phi) is 19.4. The van der Waals surface area contributed by atoms with Crippen molar-refractivity contribution in [3.63, 3.8) is 0 Å². The number of amides is 6. The van der Waals surface area contributed by atoms with Gasteiger partial charge in [-0.3, -0.25) is 28.8 Å². The summed E-state index contributed by atoms with van der Waals surface area (Å²) in [5, 5.41) is 10.8. The summed E-state index contributed by atoms with van der Waals surface area (Å²) >= 11 is 0. The second kappa shape index (κ2) is 26.6. The summed E-state index contributed by atoms with van der Waals surface area (Å²) in [6.07, 6.45) is 4.83. The predicted molar refractivity (Wildman–Crippen MR) is 305 cm³/mol. The van der Waals surface area contributed by atoms with Gasteiger partial charge in [-0.2, -0.15) is 0 Å². The fourth-order valence-corrected chi connectivity index (χ4v) is 12.9. The van der Waals surface area contributed by atoms with Crippen LogP contribution in [0.5, 0.6) is 0 Å². The maximum absolute atomic E-state index is 15.3. The van der Waals surface area contributed by atoms with Crippen molar-refractivity contribution >= 4 is 46.2 Å². The van der Waals surface area contributed by atoms with E-state index in [0.717, 1.165) is 21.9 Å². The standard InChI is InChI=1S/C63H83N7O10/c1-41(2)57(71)65-55(45-25-33-79-34-26-45)61(75)68-31-23-52(77-5)51(68)40-67(29-21-43-13-9-7-10-14-43)59(73)49-19-17-48-38-50(20-18-47(48)37-49)60(74)69(30-22-44-15-11-8-12-16-44)53-39-63(53)54(78-6)24-32-70(63)62(76)56(46-27-35-80-36-28-46)66-58(72)42(3)64-4/h7-20,37-38,41-42,45-46,51-56,64H,21-36,39-40H2,1-6H3,(H,65,71)(H,66,72)/t42-,51+,52-,53?,54-,55-,56-,63?/m0/s1. The highest BCUT2D eigenvalue weighted by Gasteiger charge is 2.70. The average molecular weight is 1100 g/mol. The van der Waals surface area contributed by atoms with Crippen LogP contribution in [0, 0.1) is 17.8 Å². The number of carbonyl (C=O) groups excluding carboxylic acids is 6. The van der Waals surface area contributed by atoms with E-state index in [1.165, 1.54) is 0 Å². The van der Waals surface area contributed by atoms with E-state index in [-0.39, 0.29) is 78.0 Å². The van der Waals surface area contributed by atoms with Gasteiger partial charge in [-0.25, -0.2) is 0 Å². The maximum atomic E-state index is 15.3. The molecule has 17 heteroatoms. The minimum absolute atomic E-state index is 0.0843. The summed E-state index contributed by atoms with van der Waals surface area (Å²) in [5.41, 5.74) is 2.31. The van der Waals surface area contributed by atoms with Crippen molar-refractivity contribution in [1.82, 2.24) is 35.6 Å². The van der Waals surface area contributed by atoms with Gasteiger partial charge >= 0.3 is 0 Å².